The number of hydrogen-bond donors (Lipinski definition) is 0. The van der Waals surface area contributed by atoms with Gasteiger partial charge in [-0.1, -0.05) is 0 Å². The van der Waals surface area contributed by atoms with E-state index >= 15 is 0 Å². The highest BCUT2D eigenvalue weighted by Crippen LogP contribution is 2.32. The highest BCUT2D eigenvalue weighted by Gasteiger charge is 2.13. The molecule has 4 nitrogen and oxygen atoms in total. The molecular weight excluding hydrogens is 272 g/mol. The Kier molecular flexibility index (Phi) is 4.18. The third-order valence-electron chi connectivity index (χ3n) is 3.27. The Morgan fingerprint density at radius 3 is 2.90 bits per heavy atom. The standard InChI is InChI=1S/C15H18N2O2S/c1-2-19-15-4-3-12(10-16-15)14-9-13(11-20-14)17-5-7-18-8-6-17/h3-4,9-11H,2,5-8H2,1H3. The monoisotopic (exact) mass is 290 g/mol. The van der Waals surface area contributed by atoms with E-state index < -0.39 is 0 Å². The van der Waals surface area contributed by atoms with Crippen LogP contribution in [0.15, 0.2) is 29.8 Å². The molecule has 1 aliphatic rings. The van der Waals surface area contributed by atoms with Gasteiger partial charge in [-0.05, 0) is 19.1 Å². The lowest BCUT2D eigenvalue weighted by Gasteiger charge is -2.27. The second-order valence-electron chi connectivity index (χ2n) is 4.59. The van der Waals surface area contributed by atoms with Crippen molar-refractivity contribution in [2.45, 2.75) is 6.92 Å². The van der Waals surface area contributed by atoms with Crippen molar-refractivity contribution in [1.29, 1.82) is 0 Å². The normalized spacial score (nSPS) is 15.3. The average molecular weight is 290 g/mol. The van der Waals surface area contributed by atoms with E-state index in [1.165, 1.54) is 10.6 Å². The van der Waals surface area contributed by atoms with Gasteiger partial charge in [0.15, 0.2) is 0 Å². The van der Waals surface area contributed by atoms with Crippen LogP contribution in [0.25, 0.3) is 10.4 Å². The van der Waals surface area contributed by atoms with Crippen LogP contribution in [-0.4, -0.2) is 37.9 Å². The molecule has 3 rings (SSSR count). The molecule has 1 saturated heterocycles. The first kappa shape index (κ1) is 13.4. The third kappa shape index (κ3) is 2.94. The number of nitrogens with zero attached hydrogens (tertiary/aromatic N) is 2. The molecule has 0 amide bonds. The smallest absolute Gasteiger partial charge is 0.213 e. The van der Waals surface area contributed by atoms with Crippen LogP contribution in [0.3, 0.4) is 0 Å². The molecule has 2 aromatic rings. The number of ether oxygens (including phenoxy) is 2. The maximum atomic E-state index is 5.39. The number of aromatic nitrogens is 1. The minimum Gasteiger partial charge on any atom is -0.478 e. The van der Waals surface area contributed by atoms with E-state index in [4.69, 9.17) is 9.47 Å². The van der Waals surface area contributed by atoms with Crippen molar-refractivity contribution in [3.63, 3.8) is 0 Å². The topological polar surface area (TPSA) is 34.6 Å². The number of hydrogen-bond acceptors (Lipinski definition) is 5. The molecular formula is C15H18N2O2S. The highest BCUT2D eigenvalue weighted by molar-refractivity contribution is 7.14. The van der Waals surface area contributed by atoms with Crippen molar-refractivity contribution >= 4 is 17.0 Å². The van der Waals surface area contributed by atoms with Gasteiger partial charge in [0.1, 0.15) is 0 Å². The van der Waals surface area contributed by atoms with E-state index in [-0.39, 0.29) is 0 Å². The van der Waals surface area contributed by atoms with Crippen molar-refractivity contribution in [2.24, 2.45) is 0 Å². The van der Waals surface area contributed by atoms with E-state index in [1.54, 1.807) is 11.3 Å². The summed E-state index contributed by atoms with van der Waals surface area (Å²) in [5, 5.41) is 2.21. The molecule has 0 bridgehead atoms. The van der Waals surface area contributed by atoms with Crippen molar-refractivity contribution in [2.75, 3.05) is 37.8 Å². The summed E-state index contributed by atoms with van der Waals surface area (Å²) < 4.78 is 10.8. The van der Waals surface area contributed by atoms with E-state index in [0.717, 1.165) is 31.9 Å². The van der Waals surface area contributed by atoms with Crippen LogP contribution >= 0.6 is 11.3 Å². The predicted octanol–water partition coefficient (Wildman–Crippen LogP) is 3.05. The molecule has 0 aromatic carbocycles. The molecule has 0 spiro atoms. The summed E-state index contributed by atoms with van der Waals surface area (Å²) in [4.78, 5) is 7.92. The Bertz CT molecular complexity index is 547. The molecule has 0 aliphatic carbocycles. The van der Waals surface area contributed by atoms with E-state index in [1.807, 2.05) is 19.2 Å². The molecule has 0 unspecified atom stereocenters. The highest BCUT2D eigenvalue weighted by atomic mass is 32.1. The molecule has 0 saturated carbocycles. The molecule has 106 valence electrons. The fourth-order valence-corrected chi connectivity index (χ4v) is 3.13. The fourth-order valence-electron chi connectivity index (χ4n) is 2.22. The molecule has 20 heavy (non-hydrogen) atoms. The summed E-state index contributed by atoms with van der Waals surface area (Å²) in [6, 6.07) is 6.22. The van der Waals surface area contributed by atoms with Crippen molar-refractivity contribution in [1.82, 2.24) is 4.98 Å². The van der Waals surface area contributed by atoms with Gasteiger partial charge in [0.25, 0.3) is 0 Å². The summed E-state index contributed by atoms with van der Waals surface area (Å²) in [6.45, 7) is 6.18. The van der Waals surface area contributed by atoms with E-state index in [0.29, 0.717) is 12.5 Å². The van der Waals surface area contributed by atoms with Gasteiger partial charge in [-0.3, -0.25) is 0 Å². The van der Waals surface area contributed by atoms with Gasteiger partial charge in [0.2, 0.25) is 5.88 Å². The molecule has 3 heterocycles. The van der Waals surface area contributed by atoms with E-state index in [9.17, 15) is 0 Å². The minimum absolute atomic E-state index is 0.645. The lowest BCUT2D eigenvalue weighted by molar-refractivity contribution is 0.123. The second-order valence-corrected chi connectivity index (χ2v) is 5.50. The average Bonchev–Trinajstić information content (AvgIpc) is 2.99. The molecule has 0 atom stereocenters. The van der Waals surface area contributed by atoms with Crippen LogP contribution in [-0.2, 0) is 4.74 Å². The Hall–Kier alpha value is -1.59. The quantitative estimate of drug-likeness (QED) is 0.867. The van der Waals surface area contributed by atoms with Crippen LogP contribution in [0.4, 0.5) is 5.69 Å². The Morgan fingerprint density at radius 2 is 2.20 bits per heavy atom. The second kappa shape index (κ2) is 6.24. The fraction of sp³-hybridized carbons (Fsp3) is 0.400. The molecule has 1 fully saturated rings. The van der Waals surface area contributed by atoms with Gasteiger partial charge in [-0.2, -0.15) is 0 Å². The van der Waals surface area contributed by atoms with Gasteiger partial charge in [-0.15, -0.1) is 11.3 Å². The molecule has 2 aromatic heterocycles. The summed E-state index contributed by atoms with van der Waals surface area (Å²) in [5.74, 6) is 0.682. The third-order valence-corrected chi connectivity index (χ3v) is 4.24. The molecule has 0 N–H and O–H groups in total. The van der Waals surface area contributed by atoms with Crippen LogP contribution in [0.1, 0.15) is 6.92 Å². The van der Waals surface area contributed by atoms with Crippen molar-refractivity contribution < 1.29 is 9.47 Å². The maximum absolute atomic E-state index is 5.39. The van der Waals surface area contributed by atoms with Crippen LogP contribution in [0.2, 0.25) is 0 Å². The van der Waals surface area contributed by atoms with Gasteiger partial charge < -0.3 is 14.4 Å². The maximum Gasteiger partial charge on any atom is 0.213 e. The summed E-state index contributed by atoms with van der Waals surface area (Å²) in [6.07, 6.45) is 1.87. The largest absolute Gasteiger partial charge is 0.478 e. The van der Waals surface area contributed by atoms with Crippen LogP contribution in [0, 0.1) is 0 Å². The first-order chi connectivity index (χ1) is 9.86. The Morgan fingerprint density at radius 1 is 1.35 bits per heavy atom. The zero-order valence-corrected chi connectivity index (χ0v) is 12.4. The van der Waals surface area contributed by atoms with Crippen molar-refractivity contribution in [3.05, 3.63) is 29.8 Å². The number of anilines is 1. The molecule has 1 aliphatic heterocycles. The number of rotatable bonds is 4. The van der Waals surface area contributed by atoms with Gasteiger partial charge >= 0.3 is 0 Å². The summed E-state index contributed by atoms with van der Waals surface area (Å²) in [7, 11) is 0. The van der Waals surface area contributed by atoms with Crippen molar-refractivity contribution in [3.8, 4) is 16.3 Å². The lowest BCUT2D eigenvalue weighted by atomic mass is 10.2. The van der Waals surface area contributed by atoms with Gasteiger partial charge in [0.05, 0.1) is 19.8 Å². The van der Waals surface area contributed by atoms with Gasteiger partial charge in [-0.25, -0.2) is 4.98 Å². The Labute approximate surface area is 123 Å². The SMILES string of the molecule is CCOc1ccc(-c2cc(N3CCOCC3)cs2)cn1. The summed E-state index contributed by atoms with van der Waals surface area (Å²) in [5.41, 5.74) is 2.42. The Balaban J connectivity index is 1.75. The predicted molar refractivity (Wildman–Crippen MR) is 81.8 cm³/mol. The van der Waals surface area contributed by atoms with E-state index in [2.05, 4.69) is 27.4 Å². The molecule has 5 heteroatoms. The van der Waals surface area contributed by atoms with Crippen LogP contribution in [0.5, 0.6) is 5.88 Å². The van der Waals surface area contributed by atoms with Crippen LogP contribution < -0.4 is 9.64 Å². The van der Waals surface area contributed by atoms with Gasteiger partial charge in [0, 0.05) is 46.9 Å². The number of morpholine rings is 1. The minimum atomic E-state index is 0.645. The first-order valence-corrected chi connectivity index (χ1v) is 7.75. The lowest BCUT2D eigenvalue weighted by Crippen LogP contribution is -2.35. The number of thiophene rings is 1. The zero-order valence-electron chi connectivity index (χ0n) is 11.5. The molecule has 0 radical (unpaired) electrons. The summed E-state index contributed by atoms with van der Waals surface area (Å²) >= 11 is 1.75. The number of pyridine rings is 1. The first-order valence-electron chi connectivity index (χ1n) is 6.87. The zero-order chi connectivity index (χ0) is 13.8.